The molecule has 0 radical (unpaired) electrons. The van der Waals surface area contributed by atoms with E-state index in [1.807, 2.05) is 20.8 Å². The first-order valence-electron chi connectivity index (χ1n) is 5.08. The fraction of sp³-hybridized carbons (Fsp3) is 0.909. The maximum Gasteiger partial charge on any atom is 0.217 e. The van der Waals surface area contributed by atoms with Crippen LogP contribution in [-0.2, 0) is 4.79 Å². The van der Waals surface area contributed by atoms with Crippen LogP contribution >= 0.6 is 0 Å². The Morgan fingerprint density at radius 2 is 1.69 bits per heavy atom. The Morgan fingerprint density at radius 3 is 1.92 bits per heavy atom. The topological polar surface area (TPSA) is 29.1 Å². The predicted molar refractivity (Wildman–Crippen MR) is 58.7 cm³/mol. The molecule has 0 aliphatic rings. The number of carbonyl (C=O) groups excluding carboxylic acids is 1. The number of rotatable bonds is 2. The van der Waals surface area contributed by atoms with Gasteiger partial charge in [-0.05, 0) is 18.8 Å². The van der Waals surface area contributed by atoms with Crippen molar-refractivity contribution < 1.29 is 4.79 Å². The molecule has 1 atom stereocenters. The largest absolute Gasteiger partial charge is 0.354 e. The lowest BCUT2D eigenvalue weighted by Crippen LogP contribution is -2.33. The van der Waals surface area contributed by atoms with Gasteiger partial charge in [0.1, 0.15) is 0 Å². The van der Waals surface area contributed by atoms with Crippen molar-refractivity contribution in [2.45, 2.75) is 60.9 Å². The monoisotopic (exact) mass is 187 g/mol. The fourth-order valence-electron chi connectivity index (χ4n) is 1.32. The highest BCUT2D eigenvalue weighted by Gasteiger charge is 2.15. The van der Waals surface area contributed by atoms with Crippen LogP contribution in [0.5, 0.6) is 0 Å². The summed E-state index contributed by atoms with van der Waals surface area (Å²) in [6.45, 7) is 14.1. The molecule has 2 heteroatoms. The number of carbonyl (C=O) groups is 1. The Labute approximate surface area is 83.1 Å². The Kier molecular flexibility index (Phi) is 7.98. The van der Waals surface area contributed by atoms with Gasteiger partial charge in [0, 0.05) is 13.0 Å². The van der Waals surface area contributed by atoms with Crippen LogP contribution in [0.4, 0.5) is 0 Å². The van der Waals surface area contributed by atoms with E-state index >= 15 is 0 Å². The first kappa shape index (κ1) is 15.0. The maximum absolute atomic E-state index is 10.6. The van der Waals surface area contributed by atoms with E-state index in [0.717, 1.165) is 6.42 Å². The molecule has 13 heavy (non-hydrogen) atoms. The second-order valence-electron chi connectivity index (χ2n) is 4.37. The van der Waals surface area contributed by atoms with Crippen LogP contribution in [0.3, 0.4) is 0 Å². The highest BCUT2D eigenvalue weighted by molar-refractivity contribution is 5.73. The number of hydrogen-bond donors (Lipinski definition) is 1. The lowest BCUT2D eigenvalue weighted by atomic mass is 9.89. The van der Waals surface area contributed by atoms with Crippen LogP contribution in [0.25, 0.3) is 0 Å². The van der Waals surface area contributed by atoms with Crippen molar-refractivity contribution in [1.82, 2.24) is 5.32 Å². The van der Waals surface area contributed by atoms with Gasteiger partial charge in [0.05, 0.1) is 0 Å². The molecule has 80 valence electrons. The molecule has 0 aliphatic heterocycles. The molecule has 1 N–H and O–H groups in total. The third kappa shape index (κ3) is 14.3. The molecule has 0 fully saturated rings. The van der Waals surface area contributed by atoms with E-state index in [0.29, 0.717) is 5.41 Å². The Hall–Kier alpha value is -0.530. The van der Waals surface area contributed by atoms with E-state index in [9.17, 15) is 4.79 Å². The van der Waals surface area contributed by atoms with E-state index in [1.165, 1.54) is 0 Å². The van der Waals surface area contributed by atoms with Crippen molar-refractivity contribution in [1.29, 1.82) is 0 Å². The minimum Gasteiger partial charge on any atom is -0.354 e. The number of hydrogen-bond acceptors (Lipinski definition) is 1. The Bertz CT molecular complexity index is 136. The van der Waals surface area contributed by atoms with Crippen molar-refractivity contribution in [3.63, 3.8) is 0 Å². The minimum absolute atomic E-state index is 0.0572. The zero-order valence-corrected chi connectivity index (χ0v) is 10.2. The Morgan fingerprint density at radius 1 is 1.31 bits per heavy atom. The first-order valence-corrected chi connectivity index (χ1v) is 5.08. The van der Waals surface area contributed by atoms with E-state index in [-0.39, 0.29) is 11.9 Å². The first-order chi connectivity index (χ1) is 5.81. The molecule has 0 aliphatic carbocycles. The lowest BCUT2D eigenvalue weighted by molar-refractivity contribution is -0.119. The molecule has 1 unspecified atom stereocenters. The van der Waals surface area contributed by atoms with Crippen LogP contribution < -0.4 is 5.32 Å². The molecule has 0 aromatic heterocycles. The maximum atomic E-state index is 10.6. The second kappa shape index (κ2) is 6.93. The summed E-state index contributed by atoms with van der Waals surface area (Å²) in [5, 5.41) is 2.86. The molecule has 0 rings (SSSR count). The molecule has 2 nitrogen and oxygen atoms in total. The quantitative estimate of drug-likeness (QED) is 0.707. The van der Waals surface area contributed by atoms with E-state index < -0.39 is 0 Å². The standard InChI is InChI=1S/C9H19NO.C2H6/c1-7(10-8(2)11)6-9(3,4)5;1-2/h7H,6H2,1-5H3,(H,10,11);1-2H3. The van der Waals surface area contributed by atoms with Crippen molar-refractivity contribution in [3.8, 4) is 0 Å². The van der Waals surface area contributed by atoms with Crippen molar-refractivity contribution in [3.05, 3.63) is 0 Å². The van der Waals surface area contributed by atoms with Gasteiger partial charge in [-0.1, -0.05) is 34.6 Å². The summed E-state index contributed by atoms with van der Waals surface area (Å²) in [4.78, 5) is 10.6. The average molecular weight is 187 g/mol. The smallest absolute Gasteiger partial charge is 0.217 e. The molecule has 0 spiro atoms. The molecular weight excluding hydrogens is 162 g/mol. The molecule has 0 saturated heterocycles. The van der Waals surface area contributed by atoms with Gasteiger partial charge in [-0.25, -0.2) is 0 Å². The van der Waals surface area contributed by atoms with Crippen LogP contribution in [0.2, 0.25) is 0 Å². The number of nitrogens with one attached hydrogen (secondary N) is 1. The predicted octanol–water partition coefficient (Wildman–Crippen LogP) is 2.97. The van der Waals surface area contributed by atoms with Gasteiger partial charge in [-0.3, -0.25) is 4.79 Å². The fourth-order valence-corrected chi connectivity index (χ4v) is 1.32. The summed E-state index contributed by atoms with van der Waals surface area (Å²) in [5.74, 6) is 0.0572. The molecule has 0 saturated carbocycles. The van der Waals surface area contributed by atoms with Crippen molar-refractivity contribution in [2.75, 3.05) is 0 Å². The van der Waals surface area contributed by atoms with Crippen molar-refractivity contribution >= 4 is 5.91 Å². The molecular formula is C11H25NO. The zero-order chi connectivity index (χ0) is 11.1. The lowest BCUT2D eigenvalue weighted by Gasteiger charge is -2.23. The van der Waals surface area contributed by atoms with Gasteiger partial charge >= 0.3 is 0 Å². The van der Waals surface area contributed by atoms with Gasteiger partial charge < -0.3 is 5.32 Å². The molecule has 0 heterocycles. The summed E-state index contributed by atoms with van der Waals surface area (Å²) >= 11 is 0. The molecule has 1 amide bonds. The summed E-state index contributed by atoms with van der Waals surface area (Å²) in [7, 11) is 0. The average Bonchev–Trinajstić information content (AvgIpc) is 1.85. The highest BCUT2D eigenvalue weighted by atomic mass is 16.1. The highest BCUT2D eigenvalue weighted by Crippen LogP contribution is 2.20. The van der Waals surface area contributed by atoms with Gasteiger partial charge in [-0.15, -0.1) is 0 Å². The van der Waals surface area contributed by atoms with Crippen molar-refractivity contribution in [2.24, 2.45) is 5.41 Å². The molecule has 0 bridgehead atoms. The molecule has 0 aromatic carbocycles. The van der Waals surface area contributed by atoms with E-state index in [2.05, 4.69) is 26.1 Å². The van der Waals surface area contributed by atoms with Crippen LogP contribution in [-0.4, -0.2) is 11.9 Å². The molecule has 0 aromatic rings. The van der Waals surface area contributed by atoms with E-state index in [4.69, 9.17) is 0 Å². The van der Waals surface area contributed by atoms with Crippen LogP contribution in [0.15, 0.2) is 0 Å². The van der Waals surface area contributed by atoms with Crippen LogP contribution in [0, 0.1) is 5.41 Å². The van der Waals surface area contributed by atoms with Gasteiger partial charge in [0.2, 0.25) is 5.91 Å². The summed E-state index contributed by atoms with van der Waals surface area (Å²) in [5.41, 5.74) is 0.294. The van der Waals surface area contributed by atoms with Gasteiger partial charge in [-0.2, -0.15) is 0 Å². The minimum atomic E-state index is 0.0572. The SMILES string of the molecule is CC.CC(=O)NC(C)CC(C)(C)C. The van der Waals surface area contributed by atoms with E-state index in [1.54, 1.807) is 6.92 Å². The summed E-state index contributed by atoms with van der Waals surface area (Å²) in [6, 6.07) is 0.285. The zero-order valence-electron chi connectivity index (χ0n) is 10.2. The Balaban J connectivity index is 0. The summed E-state index contributed by atoms with van der Waals surface area (Å²) < 4.78 is 0. The third-order valence-electron chi connectivity index (χ3n) is 1.37. The third-order valence-corrected chi connectivity index (χ3v) is 1.37. The second-order valence-corrected chi connectivity index (χ2v) is 4.37. The summed E-state index contributed by atoms with van der Waals surface area (Å²) in [6.07, 6.45) is 1.02. The van der Waals surface area contributed by atoms with Gasteiger partial charge in [0.25, 0.3) is 0 Å². The van der Waals surface area contributed by atoms with Crippen LogP contribution in [0.1, 0.15) is 54.9 Å². The normalized spacial score (nSPS) is 12.5. The van der Waals surface area contributed by atoms with Gasteiger partial charge in [0.15, 0.2) is 0 Å². The number of amides is 1.